The van der Waals surface area contributed by atoms with E-state index in [1.54, 1.807) is 0 Å². The average Bonchev–Trinajstić information content (AvgIpc) is 2.99. The Morgan fingerprint density at radius 3 is 1.28 bits per heavy atom. The van der Waals surface area contributed by atoms with Crippen LogP contribution in [0.5, 0.6) is 0 Å². The van der Waals surface area contributed by atoms with Crippen LogP contribution >= 0.6 is 0 Å². The monoisotopic (exact) mass is 523 g/mol. The van der Waals surface area contributed by atoms with Crippen molar-refractivity contribution in [1.29, 1.82) is 0 Å². The lowest BCUT2D eigenvalue weighted by molar-refractivity contribution is 0.585. The molecule has 0 amide bonds. The van der Waals surface area contributed by atoms with Crippen LogP contribution in [-0.2, 0) is 0 Å². The minimum Gasteiger partial charge on any atom is -0.314 e. The van der Waals surface area contributed by atoms with Gasteiger partial charge >= 0.3 is 0 Å². The summed E-state index contributed by atoms with van der Waals surface area (Å²) >= 11 is 0. The number of unbranched alkanes of at least 4 members (excludes halogenated alkanes) is 12. The van der Waals surface area contributed by atoms with Crippen molar-refractivity contribution in [3.63, 3.8) is 0 Å². The van der Waals surface area contributed by atoms with Crippen LogP contribution in [0.3, 0.4) is 0 Å². The van der Waals surface area contributed by atoms with Crippen molar-refractivity contribution < 1.29 is 0 Å². The van der Waals surface area contributed by atoms with Gasteiger partial charge in [0, 0.05) is 17.1 Å². The third kappa shape index (κ3) is 11.1. The van der Waals surface area contributed by atoms with Gasteiger partial charge in [0.05, 0.1) is 0 Å². The lowest BCUT2D eigenvalue weighted by atomic mass is 9.93. The van der Waals surface area contributed by atoms with E-state index in [2.05, 4.69) is 110 Å². The van der Waals surface area contributed by atoms with Gasteiger partial charge in [-0.3, -0.25) is 0 Å². The SMILES string of the molecule is CCCCCCCCCC(=C(CCCCCCCCC)N(c1ccccc1)c1ccccc1)c1ccccc1. The van der Waals surface area contributed by atoms with Crippen molar-refractivity contribution in [3.8, 4) is 0 Å². The maximum absolute atomic E-state index is 2.56. The molecule has 0 fully saturated rings. The van der Waals surface area contributed by atoms with E-state index in [9.17, 15) is 0 Å². The van der Waals surface area contributed by atoms with Crippen LogP contribution < -0.4 is 4.90 Å². The van der Waals surface area contributed by atoms with Gasteiger partial charge in [-0.2, -0.15) is 0 Å². The summed E-state index contributed by atoms with van der Waals surface area (Å²) in [5, 5.41) is 0. The van der Waals surface area contributed by atoms with Crippen LogP contribution in [0, 0.1) is 0 Å². The number of rotatable bonds is 20. The zero-order chi connectivity index (χ0) is 27.4. The highest BCUT2D eigenvalue weighted by molar-refractivity contribution is 5.78. The van der Waals surface area contributed by atoms with E-state index in [-0.39, 0.29) is 0 Å². The molecule has 0 aliphatic rings. The highest BCUT2D eigenvalue weighted by Crippen LogP contribution is 2.38. The summed E-state index contributed by atoms with van der Waals surface area (Å²) < 4.78 is 0. The smallest absolute Gasteiger partial charge is 0.0458 e. The zero-order valence-corrected chi connectivity index (χ0v) is 24.9. The molecule has 0 aromatic heterocycles. The number of benzene rings is 3. The summed E-state index contributed by atoms with van der Waals surface area (Å²) in [5.41, 5.74) is 6.92. The first-order valence-corrected chi connectivity index (χ1v) is 16.0. The highest BCUT2D eigenvalue weighted by atomic mass is 15.1. The predicted molar refractivity (Wildman–Crippen MR) is 174 cm³/mol. The molecule has 0 bridgehead atoms. The third-order valence-corrected chi connectivity index (χ3v) is 7.82. The number of nitrogens with zero attached hydrogens (tertiary/aromatic N) is 1. The van der Waals surface area contributed by atoms with Gasteiger partial charge in [-0.25, -0.2) is 0 Å². The fraction of sp³-hybridized carbons (Fsp3) is 0.474. The lowest BCUT2D eigenvalue weighted by Crippen LogP contribution is -2.18. The first kappa shape index (κ1) is 30.7. The average molecular weight is 524 g/mol. The molecular formula is C38H53N. The summed E-state index contributed by atoms with van der Waals surface area (Å²) in [7, 11) is 0. The fourth-order valence-corrected chi connectivity index (χ4v) is 5.62. The molecule has 210 valence electrons. The van der Waals surface area contributed by atoms with Gasteiger partial charge in [-0.15, -0.1) is 0 Å². The first-order chi connectivity index (χ1) is 19.3. The van der Waals surface area contributed by atoms with Gasteiger partial charge in [0.25, 0.3) is 0 Å². The van der Waals surface area contributed by atoms with E-state index in [4.69, 9.17) is 0 Å². The summed E-state index contributed by atoms with van der Waals surface area (Å²) in [4.78, 5) is 2.56. The number of allylic oxidation sites excluding steroid dienone is 2. The molecule has 0 spiro atoms. The fourth-order valence-electron chi connectivity index (χ4n) is 5.62. The van der Waals surface area contributed by atoms with Crippen LogP contribution in [0.1, 0.15) is 122 Å². The molecule has 1 heteroatoms. The van der Waals surface area contributed by atoms with E-state index in [1.165, 1.54) is 118 Å². The molecule has 0 unspecified atom stereocenters. The van der Waals surface area contributed by atoms with E-state index >= 15 is 0 Å². The van der Waals surface area contributed by atoms with E-state index < -0.39 is 0 Å². The second-order valence-corrected chi connectivity index (χ2v) is 11.0. The third-order valence-electron chi connectivity index (χ3n) is 7.82. The Balaban J connectivity index is 1.93. The van der Waals surface area contributed by atoms with Crippen molar-refractivity contribution >= 4 is 16.9 Å². The minimum atomic E-state index is 1.11. The quantitative estimate of drug-likeness (QED) is 0.133. The Hall–Kier alpha value is -2.80. The largest absolute Gasteiger partial charge is 0.314 e. The van der Waals surface area contributed by atoms with Gasteiger partial charge in [-0.1, -0.05) is 158 Å². The predicted octanol–water partition coefficient (Wildman–Crippen LogP) is 12.5. The van der Waals surface area contributed by atoms with Crippen LogP contribution in [0.25, 0.3) is 5.57 Å². The Labute approximate surface area is 240 Å². The van der Waals surface area contributed by atoms with Crippen molar-refractivity contribution in [1.82, 2.24) is 0 Å². The van der Waals surface area contributed by atoms with E-state index in [0.717, 1.165) is 12.8 Å². The molecular weight excluding hydrogens is 470 g/mol. The summed E-state index contributed by atoms with van der Waals surface area (Å²) in [6.45, 7) is 4.60. The molecule has 0 heterocycles. The molecule has 3 rings (SSSR count). The standard InChI is InChI=1S/C38H53N/c1-3-5-7-9-11-13-24-32-37(34-26-18-15-19-27-34)38(33-25-14-12-10-8-6-4-2)39(35-28-20-16-21-29-35)36-30-22-17-23-31-36/h15-23,26-31H,3-14,24-25,32-33H2,1-2H3. The van der Waals surface area contributed by atoms with Crippen LogP contribution in [0.4, 0.5) is 11.4 Å². The number of hydrogen-bond acceptors (Lipinski definition) is 1. The van der Waals surface area contributed by atoms with Crippen LogP contribution in [-0.4, -0.2) is 0 Å². The molecule has 0 saturated carbocycles. The van der Waals surface area contributed by atoms with E-state index in [0.29, 0.717) is 0 Å². The topological polar surface area (TPSA) is 3.24 Å². The first-order valence-electron chi connectivity index (χ1n) is 16.0. The zero-order valence-electron chi connectivity index (χ0n) is 24.9. The van der Waals surface area contributed by atoms with Crippen molar-refractivity contribution in [2.75, 3.05) is 4.90 Å². The molecule has 0 aliphatic heterocycles. The molecule has 0 aliphatic carbocycles. The van der Waals surface area contributed by atoms with Gasteiger partial charge in [0.2, 0.25) is 0 Å². The van der Waals surface area contributed by atoms with Gasteiger partial charge in [0.15, 0.2) is 0 Å². The molecule has 3 aromatic carbocycles. The minimum absolute atomic E-state index is 1.11. The summed E-state index contributed by atoms with van der Waals surface area (Å²) in [6, 6.07) is 33.3. The van der Waals surface area contributed by atoms with Crippen molar-refractivity contribution in [3.05, 3.63) is 102 Å². The molecule has 1 nitrogen and oxygen atoms in total. The number of para-hydroxylation sites is 2. The Bertz CT molecular complexity index is 983. The van der Waals surface area contributed by atoms with Crippen LogP contribution in [0.15, 0.2) is 96.7 Å². The molecule has 39 heavy (non-hydrogen) atoms. The highest BCUT2D eigenvalue weighted by Gasteiger charge is 2.19. The summed E-state index contributed by atoms with van der Waals surface area (Å²) in [5.74, 6) is 0. The normalized spacial score (nSPS) is 11.8. The molecule has 0 radical (unpaired) electrons. The van der Waals surface area contributed by atoms with Gasteiger partial charge in [0.1, 0.15) is 0 Å². The second-order valence-electron chi connectivity index (χ2n) is 11.0. The van der Waals surface area contributed by atoms with Gasteiger partial charge in [-0.05, 0) is 61.1 Å². The van der Waals surface area contributed by atoms with Crippen LogP contribution in [0.2, 0.25) is 0 Å². The molecule has 0 saturated heterocycles. The summed E-state index contributed by atoms with van der Waals surface area (Å²) in [6.07, 6.45) is 21.0. The van der Waals surface area contributed by atoms with Crippen molar-refractivity contribution in [2.24, 2.45) is 0 Å². The maximum Gasteiger partial charge on any atom is 0.0458 e. The number of hydrogen-bond donors (Lipinski definition) is 0. The van der Waals surface area contributed by atoms with E-state index in [1.807, 2.05) is 0 Å². The maximum atomic E-state index is 2.56. The number of anilines is 2. The van der Waals surface area contributed by atoms with Crippen molar-refractivity contribution in [2.45, 2.75) is 117 Å². The Morgan fingerprint density at radius 2 is 0.821 bits per heavy atom. The Morgan fingerprint density at radius 1 is 0.436 bits per heavy atom. The lowest BCUT2D eigenvalue weighted by Gasteiger charge is -2.31. The van der Waals surface area contributed by atoms with Gasteiger partial charge < -0.3 is 4.90 Å². The second kappa shape index (κ2) is 19.3. The Kier molecular flexibility index (Phi) is 15.2. The molecule has 3 aromatic rings. The molecule has 0 N–H and O–H groups in total. The molecule has 0 atom stereocenters.